The van der Waals surface area contributed by atoms with Gasteiger partial charge in [0.15, 0.2) is 8.32 Å². The highest BCUT2D eigenvalue weighted by Crippen LogP contribution is 2.28. The second kappa shape index (κ2) is 8.11. The van der Waals surface area contributed by atoms with E-state index in [4.69, 9.17) is 32.1 Å². The maximum Gasteiger partial charge on any atom is 0.207 e. The van der Waals surface area contributed by atoms with E-state index >= 15 is 0 Å². The van der Waals surface area contributed by atoms with Crippen LogP contribution in [0.15, 0.2) is 0 Å². The molecule has 0 aliphatic carbocycles. The van der Waals surface area contributed by atoms with Crippen molar-refractivity contribution in [2.75, 3.05) is 6.61 Å². The Bertz CT molecular complexity index is 179. The van der Waals surface area contributed by atoms with E-state index in [1.54, 1.807) is 0 Å². The largest absolute Gasteiger partial charge is 0.417 e. The Morgan fingerprint density at radius 3 is 2.00 bits per heavy atom. The van der Waals surface area contributed by atoms with Crippen LogP contribution in [-0.2, 0) is 8.85 Å². The molecule has 0 heterocycles. The van der Waals surface area contributed by atoms with Crippen LogP contribution in [-0.4, -0.2) is 29.9 Å². The van der Waals surface area contributed by atoms with Crippen LogP contribution in [0.4, 0.5) is 0 Å². The minimum atomic E-state index is -1.44. The first kappa shape index (κ1) is 16.9. The molecule has 0 amide bonds. The van der Waals surface area contributed by atoms with Crippen LogP contribution < -0.4 is 0 Å². The molecular weight excluding hydrogens is 279 g/mol. The van der Waals surface area contributed by atoms with Gasteiger partial charge in [-0.2, -0.15) is 0 Å². The minimum absolute atomic E-state index is 0.563. The van der Waals surface area contributed by atoms with Crippen molar-refractivity contribution in [3.63, 3.8) is 0 Å². The molecule has 0 bridgehead atoms. The standard InChI is InChI=1S/C10H24Cl2O2Si2/c1-4-16(5-2,6-3)13-9-7-8-10(11,12)14-15/h4-9H2,1-3,15H3. The van der Waals surface area contributed by atoms with Crippen molar-refractivity contribution in [3.8, 4) is 0 Å². The van der Waals surface area contributed by atoms with E-state index in [9.17, 15) is 0 Å². The Morgan fingerprint density at radius 1 is 1.12 bits per heavy atom. The normalized spacial score (nSPS) is 13.3. The van der Waals surface area contributed by atoms with Gasteiger partial charge in [-0.3, -0.25) is 0 Å². The zero-order valence-corrected chi connectivity index (χ0v) is 15.3. The first-order valence-corrected chi connectivity index (χ1v) is 10.1. The number of hydrogen-bond acceptors (Lipinski definition) is 2. The Hall–Kier alpha value is 0.934. The molecule has 0 saturated heterocycles. The summed E-state index contributed by atoms with van der Waals surface area (Å²) in [6.45, 7) is 7.45. The molecule has 0 saturated carbocycles. The lowest BCUT2D eigenvalue weighted by Gasteiger charge is -2.28. The zero-order valence-electron chi connectivity index (χ0n) is 10.8. The van der Waals surface area contributed by atoms with E-state index in [-0.39, 0.29) is 0 Å². The van der Waals surface area contributed by atoms with Crippen LogP contribution in [0.1, 0.15) is 33.6 Å². The first-order valence-electron chi connectivity index (χ1n) is 6.02. The van der Waals surface area contributed by atoms with Gasteiger partial charge in [-0.25, -0.2) is 0 Å². The van der Waals surface area contributed by atoms with Gasteiger partial charge in [-0.15, -0.1) is 0 Å². The van der Waals surface area contributed by atoms with Gasteiger partial charge in [-0.1, -0.05) is 44.0 Å². The lowest BCUT2D eigenvalue weighted by Crippen LogP contribution is -2.36. The Kier molecular flexibility index (Phi) is 8.58. The van der Waals surface area contributed by atoms with Crippen LogP contribution in [0.3, 0.4) is 0 Å². The lowest BCUT2D eigenvalue weighted by atomic mass is 10.3. The molecule has 0 fully saturated rings. The molecule has 0 N–H and O–H groups in total. The van der Waals surface area contributed by atoms with Crippen molar-refractivity contribution in [2.45, 2.75) is 56.3 Å². The van der Waals surface area contributed by atoms with Crippen LogP contribution in [0.25, 0.3) is 0 Å². The third-order valence-corrected chi connectivity index (χ3v) is 9.84. The van der Waals surface area contributed by atoms with E-state index in [1.807, 2.05) is 0 Å². The molecule has 0 aromatic carbocycles. The maximum atomic E-state index is 6.09. The van der Waals surface area contributed by atoms with Crippen LogP contribution in [0.2, 0.25) is 18.1 Å². The summed E-state index contributed by atoms with van der Waals surface area (Å²) in [6.07, 6.45) is 1.51. The molecular formula is C10H24Cl2O2Si2. The third-order valence-electron chi connectivity index (χ3n) is 3.25. The van der Waals surface area contributed by atoms with E-state index in [1.165, 1.54) is 18.1 Å². The smallest absolute Gasteiger partial charge is 0.207 e. The Morgan fingerprint density at radius 2 is 1.62 bits per heavy atom. The second-order valence-corrected chi connectivity index (χ2v) is 10.6. The summed E-state index contributed by atoms with van der Waals surface area (Å²) in [7, 11) is -0.880. The van der Waals surface area contributed by atoms with Gasteiger partial charge in [0.25, 0.3) is 0 Å². The van der Waals surface area contributed by atoms with Gasteiger partial charge in [0.1, 0.15) is 10.5 Å². The minimum Gasteiger partial charge on any atom is -0.417 e. The predicted octanol–water partition coefficient (Wildman–Crippen LogP) is 3.22. The number of rotatable bonds is 9. The molecule has 2 nitrogen and oxygen atoms in total. The van der Waals surface area contributed by atoms with Gasteiger partial charge in [0, 0.05) is 13.0 Å². The lowest BCUT2D eigenvalue weighted by molar-refractivity contribution is 0.221. The fourth-order valence-corrected chi connectivity index (χ4v) is 4.89. The molecule has 0 radical (unpaired) electrons. The predicted molar refractivity (Wildman–Crippen MR) is 77.8 cm³/mol. The molecule has 16 heavy (non-hydrogen) atoms. The van der Waals surface area contributed by atoms with Crippen molar-refractivity contribution in [1.29, 1.82) is 0 Å². The Balaban J connectivity index is 3.88. The first-order chi connectivity index (χ1) is 7.45. The van der Waals surface area contributed by atoms with Gasteiger partial charge in [0.05, 0.1) is 0 Å². The third kappa shape index (κ3) is 6.03. The summed E-state index contributed by atoms with van der Waals surface area (Å²) in [4.78, 5) is 0. The van der Waals surface area contributed by atoms with Crippen molar-refractivity contribution in [3.05, 3.63) is 0 Å². The number of halogens is 2. The molecule has 0 aliphatic heterocycles. The summed E-state index contributed by atoms with van der Waals surface area (Å²) in [6, 6.07) is 3.55. The summed E-state index contributed by atoms with van der Waals surface area (Å²) in [5.74, 6) is 0. The summed E-state index contributed by atoms with van der Waals surface area (Å²) in [5.41, 5.74) is 0. The van der Waals surface area contributed by atoms with Crippen molar-refractivity contribution >= 4 is 42.0 Å². The zero-order chi connectivity index (χ0) is 12.7. The van der Waals surface area contributed by atoms with Crippen molar-refractivity contribution < 1.29 is 8.85 Å². The quantitative estimate of drug-likeness (QED) is 0.370. The second-order valence-electron chi connectivity index (χ2n) is 4.04. The fourth-order valence-electron chi connectivity index (χ4n) is 1.72. The molecule has 0 unspecified atom stereocenters. The summed E-state index contributed by atoms with van der Waals surface area (Å²) < 4.78 is 10.2. The SMILES string of the molecule is CC[Si](CC)(CC)OCCCC(Cl)(Cl)O[SiH3]. The van der Waals surface area contributed by atoms with Crippen LogP contribution in [0.5, 0.6) is 0 Å². The molecule has 0 aromatic rings. The fraction of sp³-hybridized carbons (Fsp3) is 1.00. The van der Waals surface area contributed by atoms with E-state index in [0.29, 0.717) is 16.9 Å². The Labute approximate surface area is 114 Å². The number of alkyl halides is 2. The van der Waals surface area contributed by atoms with Gasteiger partial charge in [0.2, 0.25) is 4.52 Å². The molecule has 0 rings (SSSR count). The van der Waals surface area contributed by atoms with Crippen LogP contribution >= 0.6 is 23.2 Å². The average molecular weight is 303 g/mol. The summed E-state index contributed by atoms with van der Waals surface area (Å²) >= 11 is 11.8. The van der Waals surface area contributed by atoms with Gasteiger partial charge < -0.3 is 8.85 Å². The molecule has 0 aromatic heterocycles. The van der Waals surface area contributed by atoms with Gasteiger partial charge >= 0.3 is 0 Å². The molecule has 0 aliphatic rings. The van der Waals surface area contributed by atoms with Crippen molar-refractivity contribution in [1.82, 2.24) is 0 Å². The maximum absolute atomic E-state index is 6.09. The highest BCUT2D eigenvalue weighted by atomic mass is 35.5. The number of hydrogen-bond donors (Lipinski definition) is 0. The van der Waals surface area contributed by atoms with Crippen LogP contribution in [0, 0.1) is 0 Å². The highest BCUT2D eigenvalue weighted by molar-refractivity contribution is 6.73. The monoisotopic (exact) mass is 302 g/mol. The van der Waals surface area contributed by atoms with Crippen molar-refractivity contribution in [2.24, 2.45) is 0 Å². The average Bonchev–Trinajstić information content (AvgIpc) is 2.30. The molecule has 0 spiro atoms. The summed E-state index contributed by atoms with van der Waals surface area (Å²) in [5, 5.41) is 0. The van der Waals surface area contributed by atoms with E-state index < -0.39 is 12.8 Å². The molecule has 0 atom stereocenters. The molecule has 98 valence electrons. The highest BCUT2D eigenvalue weighted by Gasteiger charge is 2.29. The topological polar surface area (TPSA) is 18.5 Å². The van der Waals surface area contributed by atoms with Gasteiger partial charge in [-0.05, 0) is 24.6 Å². The molecule has 6 heteroatoms. The van der Waals surface area contributed by atoms with E-state index in [2.05, 4.69) is 20.8 Å². The van der Waals surface area contributed by atoms with E-state index in [0.717, 1.165) is 13.0 Å².